The lowest BCUT2D eigenvalue weighted by Crippen LogP contribution is -2.06. The van der Waals surface area contributed by atoms with E-state index in [9.17, 15) is 4.39 Å². The Balaban J connectivity index is 2.26. The molecule has 20 heavy (non-hydrogen) atoms. The molecule has 5 heteroatoms. The van der Waals surface area contributed by atoms with Gasteiger partial charge in [0.25, 0.3) is 0 Å². The largest absolute Gasteiger partial charge is 0.330 e. The van der Waals surface area contributed by atoms with Crippen molar-refractivity contribution in [3.05, 3.63) is 59.1 Å². The smallest absolute Gasteiger partial charge is 0.173 e. The molecule has 0 bridgehead atoms. The molecular formula is C15H13ClFN3. The van der Waals surface area contributed by atoms with Crippen molar-refractivity contribution in [2.24, 2.45) is 5.73 Å². The van der Waals surface area contributed by atoms with Crippen LogP contribution in [0.25, 0.3) is 16.9 Å². The fourth-order valence-electron chi connectivity index (χ4n) is 2.30. The Morgan fingerprint density at radius 3 is 2.65 bits per heavy atom. The number of halogens is 2. The molecule has 0 radical (unpaired) electrons. The Morgan fingerprint density at radius 2 is 1.95 bits per heavy atom. The summed E-state index contributed by atoms with van der Waals surface area (Å²) in [4.78, 5) is 4.42. The average Bonchev–Trinajstić information content (AvgIpc) is 2.81. The summed E-state index contributed by atoms with van der Waals surface area (Å²) < 4.78 is 15.6. The average molecular weight is 290 g/mol. The maximum Gasteiger partial charge on any atom is 0.173 e. The molecule has 0 aliphatic carbocycles. The van der Waals surface area contributed by atoms with E-state index < -0.39 is 0 Å². The van der Waals surface area contributed by atoms with Crippen LogP contribution in [-0.4, -0.2) is 15.9 Å². The van der Waals surface area contributed by atoms with Gasteiger partial charge in [0, 0.05) is 23.2 Å². The first-order chi connectivity index (χ1) is 9.70. The molecule has 0 fully saturated rings. The summed E-state index contributed by atoms with van der Waals surface area (Å²) in [5.74, 6) is -0.342. The van der Waals surface area contributed by atoms with Crippen LogP contribution in [0.1, 0.15) is 5.69 Å². The van der Waals surface area contributed by atoms with Gasteiger partial charge in [0.15, 0.2) is 11.5 Å². The van der Waals surface area contributed by atoms with Crippen LogP contribution in [0.3, 0.4) is 0 Å². The van der Waals surface area contributed by atoms with Gasteiger partial charge in [0.1, 0.15) is 0 Å². The highest BCUT2D eigenvalue weighted by molar-refractivity contribution is 6.30. The number of nitrogens with two attached hydrogens (primary N) is 1. The van der Waals surface area contributed by atoms with Crippen molar-refractivity contribution >= 4 is 17.2 Å². The van der Waals surface area contributed by atoms with Crippen LogP contribution in [0.15, 0.2) is 42.6 Å². The lowest BCUT2D eigenvalue weighted by atomic mass is 10.1. The molecule has 0 aliphatic rings. The molecule has 2 aromatic heterocycles. The van der Waals surface area contributed by atoms with Gasteiger partial charge in [-0.15, -0.1) is 0 Å². The van der Waals surface area contributed by atoms with Gasteiger partial charge in [-0.3, -0.25) is 0 Å². The predicted molar refractivity (Wildman–Crippen MR) is 78.4 cm³/mol. The monoisotopic (exact) mass is 289 g/mol. The third kappa shape index (κ3) is 2.17. The first-order valence-corrected chi connectivity index (χ1v) is 6.70. The minimum Gasteiger partial charge on any atom is -0.330 e. The SMILES string of the molecule is NCCc1c(-c2ccc(Cl)cc2)nc2c(F)cccn12. The molecule has 0 amide bonds. The highest BCUT2D eigenvalue weighted by Gasteiger charge is 2.15. The predicted octanol–water partition coefficient (Wildman–Crippen LogP) is 3.30. The van der Waals surface area contributed by atoms with Crippen LogP contribution < -0.4 is 5.73 Å². The number of fused-ring (bicyclic) bond motifs is 1. The van der Waals surface area contributed by atoms with E-state index in [0.717, 1.165) is 17.0 Å². The Bertz CT molecular complexity index is 750. The van der Waals surface area contributed by atoms with Crippen molar-refractivity contribution in [1.29, 1.82) is 0 Å². The summed E-state index contributed by atoms with van der Waals surface area (Å²) >= 11 is 5.90. The van der Waals surface area contributed by atoms with Crippen LogP contribution in [0.5, 0.6) is 0 Å². The molecule has 0 aliphatic heterocycles. The summed E-state index contributed by atoms with van der Waals surface area (Å²) in [6.07, 6.45) is 2.43. The maximum atomic E-state index is 13.9. The van der Waals surface area contributed by atoms with E-state index in [1.165, 1.54) is 6.07 Å². The fourth-order valence-corrected chi connectivity index (χ4v) is 2.42. The second kappa shape index (κ2) is 5.23. The number of imidazole rings is 1. The molecule has 1 aromatic carbocycles. The molecule has 3 aromatic rings. The first kappa shape index (κ1) is 13.1. The Hall–Kier alpha value is -1.91. The van der Waals surface area contributed by atoms with Crippen LogP contribution in [-0.2, 0) is 6.42 Å². The number of rotatable bonds is 3. The number of benzene rings is 1. The highest BCUT2D eigenvalue weighted by atomic mass is 35.5. The zero-order valence-electron chi connectivity index (χ0n) is 10.7. The van der Waals surface area contributed by atoms with Crippen molar-refractivity contribution in [2.45, 2.75) is 6.42 Å². The Labute approximate surface area is 120 Å². The topological polar surface area (TPSA) is 43.3 Å². The number of hydrogen-bond acceptors (Lipinski definition) is 2. The quantitative estimate of drug-likeness (QED) is 0.804. The lowest BCUT2D eigenvalue weighted by molar-refractivity contribution is 0.629. The normalized spacial score (nSPS) is 11.2. The van der Waals surface area contributed by atoms with Crippen molar-refractivity contribution < 1.29 is 4.39 Å². The maximum absolute atomic E-state index is 13.9. The van der Waals surface area contributed by atoms with E-state index in [4.69, 9.17) is 17.3 Å². The molecule has 0 saturated heterocycles. The molecule has 102 valence electrons. The molecule has 0 unspecified atom stereocenters. The van der Waals surface area contributed by atoms with Crippen molar-refractivity contribution in [3.63, 3.8) is 0 Å². The summed E-state index contributed by atoms with van der Waals surface area (Å²) in [5.41, 5.74) is 8.54. The zero-order valence-corrected chi connectivity index (χ0v) is 11.4. The molecule has 3 nitrogen and oxygen atoms in total. The summed E-state index contributed by atoms with van der Waals surface area (Å²) in [5, 5.41) is 0.657. The van der Waals surface area contributed by atoms with Gasteiger partial charge >= 0.3 is 0 Å². The molecule has 3 rings (SSSR count). The van der Waals surface area contributed by atoms with Crippen molar-refractivity contribution in [2.75, 3.05) is 6.54 Å². The van der Waals surface area contributed by atoms with Gasteiger partial charge in [-0.05, 0) is 30.8 Å². The molecule has 0 saturated carbocycles. The lowest BCUT2D eigenvalue weighted by Gasteiger charge is -2.04. The van der Waals surface area contributed by atoms with Gasteiger partial charge < -0.3 is 10.1 Å². The standard InChI is InChI=1S/C15H13ClFN3/c16-11-5-3-10(4-6-11)14-13(7-8-18)20-9-1-2-12(17)15(20)19-14/h1-6,9H,7-8,18H2. The summed E-state index contributed by atoms with van der Waals surface area (Å²) in [6.45, 7) is 0.477. The third-order valence-electron chi connectivity index (χ3n) is 3.20. The van der Waals surface area contributed by atoms with Crippen LogP contribution in [0.4, 0.5) is 4.39 Å². The molecule has 2 heterocycles. The fraction of sp³-hybridized carbons (Fsp3) is 0.133. The van der Waals surface area contributed by atoms with E-state index in [1.807, 2.05) is 12.1 Å². The van der Waals surface area contributed by atoms with Crippen LogP contribution in [0.2, 0.25) is 5.02 Å². The second-order valence-electron chi connectivity index (χ2n) is 4.50. The number of nitrogens with zero attached hydrogens (tertiary/aromatic N) is 2. The molecule has 0 atom stereocenters. The van der Waals surface area contributed by atoms with Crippen LogP contribution >= 0.6 is 11.6 Å². The minimum atomic E-state index is -0.342. The number of aromatic nitrogens is 2. The van der Waals surface area contributed by atoms with Gasteiger partial charge in [-0.1, -0.05) is 23.7 Å². The van der Waals surface area contributed by atoms with Crippen molar-refractivity contribution in [1.82, 2.24) is 9.38 Å². The first-order valence-electron chi connectivity index (χ1n) is 6.32. The van der Waals surface area contributed by atoms with E-state index in [2.05, 4.69) is 4.98 Å². The summed E-state index contributed by atoms with van der Waals surface area (Å²) in [7, 11) is 0. The Kier molecular flexibility index (Phi) is 3.42. The van der Waals surface area contributed by atoms with Crippen molar-refractivity contribution in [3.8, 4) is 11.3 Å². The molecule has 2 N–H and O–H groups in total. The highest BCUT2D eigenvalue weighted by Crippen LogP contribution is 2.26. The summed E-state index contributed by atoms with van der Waals surface area (Å²) in [6, 6.07) is 10.4. The van der Waals surface area contributed by atoms with Gasteiger partial charge in [0.05, 0.1) is 11.4 Å². The van der Waals surface area contributed by atoms with E-state index in [1.54, 1.807) is 28.8 Å². The number of hydrogen-bond donors (Lipinski definition) is 1. The van der Waals surface area contributed by atoms with Gasteiger partial charge in [-0.2, -0.15) is 0 Å². The second-order valence-corrected chi connectivity index (χ2v) is 4.94. The van der Waals surface area contributed by atoms with Gasteiger partial charge in [-0.25, -0.2) is 9.37 Å². The Morgan fingerprint density at radius 1 is 1.20 bits per heavy atom. The molecule has 0 spiro atoms. The van der Waals surface area contributed by atoms with E-state index in [0.29, 0.717) is 23.6 Å². The van der Waals surface area contributed by atoms with Gasteiger partial charge in [0.2, 0.25) is 0 Å². The van der Waals surface area contributed by atoms with Crippen LogP contribution in [0, 0.1) is 5.82 Å². The van der Waals surface area contributed by atoms with E-state index >= 15 is 0 Å². The zero-order chi connectivity index (χ0) is 14.1. The molecular weight excluding hydrogens is 277 g/mol. The minimum absolute atomic E-state index is 0.320. The number of pyridine rings is 1. The van der Waals surface area contributed by atoms with E-state index in [-0.39, 0.29) is 5.82 Å². The third-order valence-corrected chi connectivity index (χ3v) is 3.45.